The van der Waals surface area contributed by atoms with Crippen molar-refractivity contribution in [3.63, 3.8) is 0 Å². The van der Waals surface area contributed by atoms with Crippen LogP contribution in [0.2, 0.25) is 0 Å². The summed E-state index contributed by atoms with van der Waals surface area (Å²) in [7, 11) is 1.62. The third-order valence-corrected chi connectivity index (χ3v) is 3.22. The van der Waals surface area contributed by atoms with Crippen LogP contribution in [0, 0.1) is 0 Å². The first-order chi connectivity index (χ1) is 9.69. The molecule has 0 aliphatic carbocycles. The molecule has 20 heavy (non-hydrogen) atoms. The Morgan fingerprint density at radius 2 is 1.80 bits per heavy atom. The van der Waals surface area contributed by atoms with E-state index in [1.807, 2.05) is 36.4 Å². The van der Waals surface area contributed by atoms with Crippen LogP contribution in [0.15, 0.2) is 53.1 Å². The van der Waals surface area contributed by atoms with Gasteiger partial charge in [-0.1, -0.05) is 18.2 Å². The number of hydrogen-bond acceptors (Lipinski definition) is 3. The molecule has 0 unspecified atom stereocenters. The molecule has 0 aliphatic heterocycles. The van der Waals surface area contributed by atoms with Gasteiger partial charge in [0.15, 0.2) is 0 Å². The number of rotatable bonds is 3. The fourth-order valence-corrected chi connectivity index (χ4v) is 2.18. The molecule has 0 saturated heterocycles. The first-order valence-corrected chi connectivity index (χ1v) is 6.08. The summed E-state index contributed by atoms with van der Waals surface area (Å²) in [4.78, 5) is 11.0. The lowest BCUT2D eigenvalue weighted by Gasteiger charge is -2.04. The zero-order valence-corrected chi connectivity index (χ0v) is 10.8. The Morgan fingerprint density at radius 3 is 2.45 bits per heavy atom. The third-order valence-electron chi connectivity index (χ3n) is 3.22. The molecule has 1 N–H and O–H groups in total. The molecule has 0 amide bonds. The molecule has 100 valence electrons. The number of furan rings is 1. The Morgan fingerprint density at radius 1 is 1.10 bits per heavy atom. The van der Waals surface area contributed by atoms with E-state index >= 15 is 0 Å². The molecule has 2 aromatic carbocycles. The number of ether oxygens (including phenoxy) is 1. The number of aromatic carboxylic acids is 1. The normalized spacial score (nSPS) is 10.7. The van der Waals surface area contributed by atoms with Crippen LogP contribution in [0.4, 0.5) is 0 Å². The molecule has 1 aromatic heterocycles. The van der Waals surface area contributed by atoms with E-state index in [0.29, 0.717) is 5.39 Å². The van der Waals surface area contributed by atoms with Crippen molar-refractivity contribution in [1.82, 2.24) is 0 Å². The summed E-state index contributed by atoms with van der Waals surface area (Å²) in [5, 5.41) is 10.4. The van der Waals surface area contributed by atoms with E-state index in [4.69, 9.17) is 14.3 Å². The molecule has 4 nitrogen and oxygen atoms in total. The first-order valence-electron chi connectivity index (χ1n) is 6.08. The van der Waals surface area contributed by atoms with Crippen LogP contribution >= 0.6 is 0 Å². The van der Waals surface area contributed by atoms with Gasteiger partial charge in [-0.2, -0.15) is 0 Å². The summed E-state index contributed by atoms with van der Waals surface area (Å²) < 4.78 is 10.2. The number of benzene rings is 2. The molecule has 0 fully saturated rings. The zero-order valence-electron chi connectivity index (χ0n) is 10.8. The lowest BCUT2D eigenvalue weighted by Crippen LogP contribution is -1.93. The van der Waals surface area contributed by atoms with Gasteiger partial charge in [0.05, 0.1) is 13.4 Å². The minimum atomic E-state index is -1.06. The highest BCUT2D eigenvalue weighted by molar-refractivity contribution is 6.02. The summed E-state index contributed by atoms with van der Waals surface area (Å²) >= 11 is 0. The van der Waals surface area contributed by atoms with Crippen LogP contribution in [0.1, 0.15) is 10.6 Å². The maximum atomic E-state index is 11.0. The van der Waals surface area contributed by atoms with Gasteiger partial charge in [-0.3, -0.25) is 0 Å². The number of methoxy groups -OCH3 is 1. The lowest BCUT2D eigenvalue weighted by molar-refractivity contribution is 0.0665. The number of hydrogen-bond donors (Lipinski definition) is 1. The number of carboxylic acid groups (broad SMARTS) is 1. The van der Waals surface area contributed by atoms with Crippen molar-refractivity contribution in [2.24, 2.45) is 0 Å². The molecular formula is C16H12O4. The molecule has 0 spiro atoms. The first kappa shape index (κ1) is 12.3. The molecule has 0 bridgehead atoms. The van der Waals surface area contributed by atoms with E-state index in [2.05, 4.69) is 0 Å². The molecule has 3 rings (SSSR count). The van der Waals surface area contributed by atoms with Gasteiger partial charge in [0.25, 0.3) is 0 Å². The van der Waals surface area contributed by atoms with Gasteiger partial charge < -0.3 is 14.3 Å². The standard InChI is InChI=1S/C16H12O4/c1-19-13-5-2-10(3-6-13)11-4-7-14-12(8-11)9-20-15(14)16(17)18/h2-9H,1H3,(H,17,18). The average Bonchev–Trinajstić information content (AvgIpc) is 2.90. The highest BCUT2D eigenvalue weighted by Crippen LogP contribution is 2.28. The second-order valence-electron chi connectivity index (χ2n) is 4.40. The van der Waals surface area contributed by atoms with Gasteiger partial charge >= 0.3 is 5.97 Å². The molecule has 0 radical (unpaired) electrons. The van der Waals surface area contributed by atoms with Gasteiger partial charge in [-0.25, -0.2) is 4.79 Å². The van der Waals surface area contributed by atoms with Crippen molar-refractivity contribution >= 4 is 16.7 Å². The van der Waals surface area contributed by atoms with Crippen molar-refractivity contribution < 1.29 is 19.1 Å². The predicted octanol–water partition coefficient (Wildman–Crippen LogP) is 3.81. The monoisotopic (exact) mass is 268 g/mol. The van der Waals surface area contributed by atoms with Gasteiger partial charge in [-0.15, -0.1) is 0 Å². The van der Waals surface area contributed by atoms with Crippen molar-refractivity contribution in [3.05, 3.63) is 54.5 Å². The van der Waals surface area contributed by atoms with Crippen LogP contribution in [-0.4, -0.2) is 18.2 Å². The van der Waals surface area contributed by atoms with Crippen molar-refractivity contribution in [1.29, 1.82) is 0 Å². The van der Waals surface area contributed by atoms with E-state index in [-0.39, 0.29) is 5.76 Å². The molecular weight excluding hydrogens is 256 g/mol. The Labute approximate surface area is 115 Å². The minimum Gasteiger partial charge on any atom is -0.497 e. The van der Waals surface area contributed by atoms with Crippen LogP contribution < -0.4 is 4.74 Å². The SMILES string of the molecule is COc1ccc(-c2ccc3c(C(=O)O)occ3c2)cc1. The lowest BCUT2D eigenvalue weighted by atomic mass is 10.0. The minimum absolute atomic E-state index is 0.0266. The summed E-state index contributed by atoms with van der Waals surface area (Å²) in [6, 6.07) is 13.2. The fraction of sp³-hybridized carbons (Fsp3) is 0.0625. The molecule has 0 saturated carbocycles. The summed E-state index contributed by atoms with van der Waals surface area (Å²) in [5.74, 6) is -0.287. The maximum Gasteiger partial charge on any atom is 0.372 e. The molecule has 1 heterocycles. The highest BCUT2D eigenvalue weighted by atomic mass is 16.5. The average molecular weight is 268 g/mol. The van der Waals surface area contributed by atoms with Gasteiger partial charge in [0, 0.05) is 10.8 Å². The molecule has 0 aliphatic rings. The van der Waals surface area contributed by atoms with E-state index in [1.54, 1.807) is 13.2 Å². The number of carbonyl (C=O) groups is 1. The largest absolute Gasteiger partial charge is 0.497 e. The topological polar surface area (TPSA) is 59.7 Å². The maximum absolute atomic E-state index is 11.0. The van der Waals surface area contributed by atoms with Crippen molar-refractivity contribution in [2.45, 2.75) is 0 Å². The zero-order chi connectivity index (χ0) is 14.1. The Bertz CT molecular complexity index is 769. The smallest absolute Gasteiger partial charge is 0.372 e. The third kappa shape index (κ3) is 2.01. The highest BCUT2D eigenvalue weighted by Gasteiger charge is 2.13. The van der Waals surface area contributed by atoms with Crippen molar-refractivity contribution in [3.8, 4) is 16.9 Å². The molecule has 4 heteroatoms. The van der Waals surface area contributed by atoms with Crippen LogP contribution in [-0.2, 0) is 0 Å². The van der Waals surface area contributed by atoms with Crippen molar-refractivity contribution in [2.75, 3.05) is 7.11 Å². The Kier molecular flexibility index (Phi) is 2.91. The fourth-order valence-electron chi connectivity index (χ4n) is 2.18. The van der Waals surface area contributed by atoms with Crippen LogP contribution in [0.5, 0.6) is 5.75 Å². The quantitative estimate of drug-likeness (QED) is 0.784. The van der Waals surface area contributed by atoms with E-state index in [9.17, 15) is 4.79 Å². The van der Waals surface area contributed by atoms with Crippen LogP contribution in [0.25, 0.3) is 21.9 Å². The summed E-state index contributed by atoms with van der Waals surface area (Å²) in [5.41, 5.74) is 2.03. The number of fused-ring (bicyclic) bond motifs is 1. The second-order valence-corrected chi connectivity index (χ2v) is 4.40. The predicted molar refractivity (Wildman–Crippen MR) is 75.2 cm³/mol. The number of carboxylic acids is 1. The summed E-state index contributed by atoms with van der Waals surface area (Å²) in [6.07, 6.45) is 1.46. The van der Waals surface area contributed by atoms with Gasteiger partial charge in [0.1, 0.15) is 5.75 Å². The van der Waals surface area contributed by atoms with Gasteiger partial charge in [-0.05, 0) is 35.4 Å². The summed E-state index contributed by atoms with van der Waals surface area (Å²) in [6.45, 7) is 0. The second kappa shape index (κ2) is 4.74. The van der Waals surface area contributed by atoms with E-state index in [0.717, 1.165) is 22.3 Å². The Balaban J connectivity index is 2.06. The van der Waals surface area contributed by atoms with Crippen LogP contribution in [0.3, 0.4) is 0 Å². The molecule has 3 aromatic rings. The van der Waals surface area contributed by atoms with E-state index < -0.39 is 5.97 Å². The van der Waals surface area contributed by atoms with Gasteiger partial charge in [0.2, 0.25) is 5.76 Å². The molecule has 0 atom stereocenters. The Hall–Kier alpha value is -2.75. The van der Waals surface area contributed by atoms with E-state index in [1.165, 1.54) is 6.26 Å².